The standard InChI is InChI=1S/2C26H30ClN5/c2*1-26(2,3)31-20-12-14-32(15-13-20)24-21-6-4-5-7-23(21)30-25(22(24)16-28)29-17-18-8-10-19(27)11-9-18/h2*4-11,20,31H,12-15,17H2,1-3H3,(H,29,30). The first kappa shape index (κ1) is 46.4. The zero-order chi connectivity index (χ0) is 45.4. The molecule has 0 spiro atoms. The Morgan fingerprint density at radius 2 is 0.891 bits per heavy atom. The van der Waals surface area contributed by atoms with Gasteiger partial charge in [0.25, 0.3) is 0 Å². The van der Waals surface area contributed by atoms with E-state index < -0.39 is 0 Å². The molecule has 0 amide bonds. The maximum absolute atomic E-state index is 10.1. The number of pyridine rings is 2. The Bertz CT molecular complexity index is 2420. The molecular formula is C52H60Cl2N10. The SMILES string of the molecule is CC(C)(C)NC1CCN(c2c(C#N)c(NCc3ccc(Cl)cc3)nc3ccccc23)CC1.CC(C)(C)NC1CCN(c2c(C#N)c(NCc3ccc(Cl)cc3)nc3ccccc23)CC1. The lowest BCUT2D eigenvalue weighted by Crippen LogP contribution is -2.49. The number of anilines is 4. The quantitative estimate of drug-likeness (QED) is 0.106. The summed E-state index contributed by atoms with van der Waals surface area (Å²) in [6.07, 6.45) is 4.19. The van der Waals surface area contributed by atoms with Crippen molar-refractivity contribution >= 4 is 68.0 Å². The average Bonchev–Trinajstić information content (AvgIpc) is 3.27. The molecule has 2 aliphatic rings. The van der Waals surface area contributed by atoms with Crippen LogP contribution in [0.25, 0.3) is 21.8 Å². The summed E-state index contributed by atoms with van der Waals surface area (Å²) in [7, 11) is 0. The Kier molecular flexibility index (Phi) is 14.8. The van der Waals surface area contributed by atoms with Crippen LogP contribution >= 0.6 is 23.2 Å². The van der Waals surface area contributed by atoms with E-state index in [-0.39, 0.29) is 11.1 Å². The third-order valence-electron chi connectivity index (χ3n) is 11.6. The van der Waals surface area contributed by atoms with Crippen LogP contribution in [0.15, 0.2) is 97.1 Å². The van der Waals surface area contributed by atoms with Gasteiger partial charge in [0, 0.05) is 83.2 Å². The third kappa shape index (κ3) is 11.9. The monoisotopic (exact) mass is 894 g/mol. The molecule has 0 bridgehead atoms. The molecule has 2 aliphatic heterocycles. The van der Waals surface area contributed by atoms with E-state index in [9.17, 15) is 10.5 Å². The fourth-order valence-corrected chi connectivity index (χ4v) is 9.06. The van der Waals surface area contributed by atoms with Gasteiger partial charge in [0.15, 0.2) is 0 Å². The maximum Gasteiger partial charge on any atom is 0.147 e. The number of piperidine rings is 2. The number of benzene rings is 4. The molecule has 0 aliphatic carbocycles. The second kappa shape index (κ2) is 20.5. The maximum atomic E-state index is 10.1. The molecule has 2 saturated heterocycles. The van der Waals surface area contributed by atoms with Crippen LogP contribution in [-0.2, 0) is 13.1 Å². The van der Waals surface area contributed by atoms with Gasteiger partial charge in [0.2, 0.25) is 0 Å². The van der Waals surface area contributed by atoms with Crippen molar-refractivity contribution < 1.29 is 0 Å². The number of halogens is 2. The van der Waals surface area contributed by atoms with Crippen LogP contribution in [0.4, 0.5) is 23.0 Å². The van der Waals surface area contributed by atoms with Gasteiger partial charge < -0.3 is 31.1 Å². The van der Waals surface area contributed by atoms with Gasteiger partial charge in [-0.3, -0.25) is 0 Å². The Morgan fingerprint density at radius 3 is 1.22 bits per heavy atom. The summed E-state index contributed by atoms with van der Waals surface area (Å²) < 4.78 is 0. The number of nitrogens with one attached hydrogen (secondary N) is 4. The van der Waals surface area contributed by atoms with E-state index in [2.05, 4.69) is 96.9 Å². The number of hydrogen-bond donors (Lipinski definition) is 4. The Labute approximate surface area is 389 Å². The van der Waals surface area contributed by atoms with E-state index in [1.807, 2.05) is 84.9 Å². The summed E-state index contributed by atoms with van der Waals surface area (Å²) in [4.78, 5) is 14.3. The zero-order valence-electron chi connectivity index (χ0n) is 37.9. The Hall–Kier alpha value is -5.62. The van der Waals surface area contributed by atoms with Gasteiger partial charge in [-0.25, -0.2) is 9.97 Å². The minimum Gasteiger partial charge on any atom is -0.370 e. The van der Waals surface area contributed by atoms with Crippen molar-refractivity contribution in [1.82, 2.24) is 20.6 Å². The number of nitriles is 2. The summed E-state index contributed by atoms with van der Waals surface area (Å²) in [6, 6.07) is 37.5. The van der Waals surface area contributed by atoms with Crippen LogP contribution in [0.2, 0.25) is 10.0 Å². The summed E-state index contributed by atoms with van der Waals surface area (Å²) >= 11 is 12.0. The van der Waals surface area contributed by atoms with Crippen molar-refractivity contribution in [3.8, 4) is 12.1 Å². The number of para-hydroxylation sites is 2. The van der Waals surface area contributed by atoms with E-state index >= 15 is 0 Å². The molecule has 2 aromatic heterocycles. The first-order valence-corrected chi connectivity index (χ1v) is 23.1. The average molecular weight is 896 g/mol. The normalized spacial score (nSPS) is 15.0. The number of rotatable bonds is 10. The molecule has 0 atom stereocenters. The van der Waals surface area contributed by atoms with Gasteiger partial charge in [0.1, 0.15) is 34.9 Å². The molecular weight excluding hydrogens is 836 g/mol. The highest BCUT2D eigenvalue weighted by molar-refractivity contribution is 6.30. The molecule has 6 aromatic rings. The van der Waals surface area contributed by atoms with Crippen molar-refractivity contribution in [2.24, 2.45) is 0 Å². The lowest BCUT2D eigenvalue weighted by atomic mass is 9.98. The number of hydrogen-bond acceptors (Lipinski definition) is 10. The topological polar surface area (TPSA) is 128 Å². The second-order valence-electron chi connectivity index (χ2n) is 18.9. The van der Waals surface area contributed by atoms with Crippen LogP contribution in [0.3, 0.4) is 0 Å². The molecule has 0 saturated carbocycles. The second-order valence-corrected chi connectivity index (χ2v) is 19.8. The first-order valence-electron chi connectivity index (χ1n) is 22.4. The molecule has 64 heavy (non-hydrogen) atoms. The zero-order valence-corrected chi connectivity index (χ0v) is 39.4. The molecule has 4 heterocycles. The Balaban J connectivity index is 0.000000191. The van der Waals surface area contributed by atoms with Crippen molar-refractivity contribution in [3.63, 3.8) is 0 Å². The molecule has 12 heteroatoms. The number of aromatic nitrogens is 2. The van der Waals surface area contributed by atoms with Crippen LogP contribution in [0.1, 0.15) is 89.5 Å². The van der Waals surface area contributed by atoms with Gasteiger partial charge >= 0.3 is 0 Å². The molecule has 10 nitrogen and oxygen atoms in total. The summed E-state index contributed by atoms with van der Waals surface area (Å²) in [6.45, 7) is 18.1. The number of fused-ring (bicyclic) bond motifs is 2. The predicted molar refractivity (Wildman–Crippen MR) is 267 cm³/mol. The van der Waals surface area contributed by atoms with Crippen LogP contribution < -0.4 is 31.1 Å². The highest BCUT2D eigenvalue weighted by Crippen LogP contribution is 2.37. The molecule has 332 valence electrons. The lowest BCUT2D eigenvalue weighted by Gasteiger charge is -2.38. The predicted octanol–water partition coefficient (Wildman–Crippen LogP) is 11.5. The van der Waals surface area contributed by atoms with Crippen LogP contribution in [0.5, 0.6) is 0 Å². The highest BCUT2D eigenvalue weighted by atomic mass is 35.5. The van der Waals surface area contributed by atoms with E-state index in [1.54, 1.807) is 0 Å². The molecule has 4 aromatic carbocycles. The molecule has 0 radical (unpaired) electrons. The smallest absolute Gasteiger partial charge is 0.147 e. The van der Waals surface area contributed by atoms with Crippen LogP contribution in [0, 0.1) is 22.7 Å². The van der Waals surface area contributed by atoms with Gasteiger partial charge in [-0.1, -0.05) is 83.9 Å². The van der Waals surface area contributed by atoms with Gasteiger partial charge in [-0.2, -0.15) is 10.5 Å². The third-order valence-corrected chi connectivity index (χ3v) is 12.1. The fraction of sp³-hybridized carbons (Fsp3) is 0.385. The van der Waals surface area contributed by atoms with Gasteiger partial charge in [-0.05, 0) is 115 Å². The van der Waals surface area contributed by atoms with Crippen molar-refractivity contribution in [3.05, 3.63) is 129 Å². The van der Waals surface area contributed by atoms with Crippen molar-refractivity contribution in [2.45, 2.75) is 103 Å². The van der Waals surface area contributed by atoms with Crippen LogP contribution in [-0.4, -0.2) is 59.3 Å². The summed E-state index contributed by atoms with van der Waals surface area (Å²) in [5, 5.41) is 38.0. The van der Waals surface area contributed by atoms with E-state index in [0.29, 0.717) is 58.0 Å². The minimum atomic E-state index is 0.104. The first-order chi connectivity index (χ1) is 30.7. The lowest BCUT2D eigenvalue weighted by molar-refractivity contribution is 0.317. The fourth-order valence-electron chi connectivity index (χ4n) is 8.81. The summed E-state index contributed by atoms with van der Waals surface area (Å²) in [5.41, 5.74) is 7.38. The molecule has 8 rings (SSSR count). The van der Waals surface area contributed by atoms with Gasteiger partial charge in [-0.15, -0.1) is 0 Å². The van der Waals surface area contributed by atoms with Crippen molar-refractivity contribution in [1.29, 1.82) is 10.5 Å². The van der Waals surface area contributed by atoms with E-state index in [1.165, 1.54) is 0 Å². The minimum absolute atomic E-state index is 0.104. The van der Waals surface area contributed by atoms with Gasteiger partial charge in [0.05, 0.1) is 22.4 Å². The largest absolute Gasteiger partial charge is 0.370 e. The van der Waals surface area contributed by atoms with Crippen molar-refractivity contribution in [2.75, 3.05) is 46.6 Å². The molecule has 0 unspecified atom stereocenters. The van der Waals surface area contributed by atoms with E-state index in [0.717, 1.165) is 96.2 Å². The Morgan fingerprint density at radius 1 is 0.547 bits per heavy atom. The molecule has 4 N–H and O–H groups in total. The number of nitrogens with zero attached hydrogens (tertiary/aromatic N) is 6. The van der Waals surface area contributed by atoms with E-state index in [4.69, 9.17) is 33.2 Å². The highest BCUT2D eigenvalue weighted by Gasteiger charge is 2.29. The molecule has 2 fully saturated rings. The summed E-state index contributed by atoms with van der Waals surface area (Å²) in [5.74, 6) is 1.26.